The second kappa shape index (κ2) is 4.69. The van der Waals surface area contributed by atoms with Crippen molar-refractivity contribution in [3.05, 3.63) is 29.8 Å². The van der Waals surface area contributed by atoms with Gasteiger partial charge in [0.25, 0.3) is 0 Å². The summed E-state index contributed by atoms with van der Waals surface area (Å²) in [5, 5.41) is 2.36. The monoisotopic (exact) mass is 199 g/mol. The van der Waals surface area contributed by atoms with Gasteiger partial charge in [-0.3, -0.25) is 4.79 Å². The molecule has 1 aromatic carbocycles. The van der Waals surface area contributed by atoms with Crippen LogP contribution in [-0.4, -0.2) is 5.91 Å². The van der Waals surface area contributed by atoms with Crippen LogP contribution in [0.5, 0.6) is 0 Å². The Kier molecular flexibility index (Phi) is 3.56. The molecular formula is C10H11F2NO. The summed E-state index contributed by atoms with van der Waals surface area (Å²) < 4.78 is 25.5. The van der Waals surface area contributed by atoms with E-state index in [0.717, 1.165) is 12.1 Å². The third-order valence-electron chi connectivity index (χ3n) is 1.68. The minimum absolute atomic E-state index is 0.0184. The van der Waals surface area contributed by atoms with Crippen LogP contribution in [0.15, 0.2) is 18.2 Å². The minimum atomic E-state index is -0.755. The van der Waals surface area contributed by atoms with E-state index in [1.54, 1.807) is 0 Å². The first kappa shape index (κ1) is 10.6. The molecule has 76 valence electrons. The van der Waals surface area contributed by atoms with Gasteiger partial charge in [-0.2, -0.15) is 0 Å². The number of hydrogen-bond donors (Lipinski definition) is 1. The van der Waals surface area contributed by atoms with Gasteiger partial charge in [0.1, 0.15) is 11.6 Å². The topological polar surface area (TPSA) is 29.1 Å². The lowest BCUT2D eigenvalue weighted by Gasteiger charge is -2.04. The third-order valence-corrected chi connectivity index (χ3v) is 1.68. The quantitative estimate of drug-likeness (QED) is 0.796. The molecule has 0 radical (unpaired) electrons. The van der Waals surface area contributed by atoms with Crippen LogP contribution in [-0.2, 0) is 4.79 Å². The predicted octanol–water partition coefficient (Wildman–Crippen LogP) is 2.70. The van der Waals surface area contributed by atoms with Crippen LogP contribution >= 0.6 is 0 Å². The average Bonchev–Trinajstić information content (AvgIpc) is 2.10. The molecule has 0 aliphatic carbocycles. The summed E-state index contributed by atoms with van der Waals surface area (Å²) >= 11 is 0. The first-order chi connectivity index (χ1) is 6.63. The number of nitrogens with one attached hydrogen (secondary N) is 1. The van der Waals surface area contributed by atoms with Crippen LogP contribution in [0.2, 0.25) is 0 Å². The second-order valence-electron chi connectivity index (χ2n) is 2.92. The lowest BCUT2D eigenvalue weighted by atomic mass is 10.2. The van der Waals surface area contributed by atoms with Crippen molar-refractivity contribution >= 4 is 11.6 Å². The lowest BCUT2D eigenvalue weighted by Crippen LogP contribution is -2.11. The lowest BCUT2D eigenvalue weighted by molar-refractivity contribution is -0.116. The molecule has 1 amide bonds. The molecule has 14 heavy (non-hydrogen) atoms. The zero-order valence-electron chi connectivity index (χ0n) is 7.81. The van der Waals surface area contributed by atoms with Gasteiger partial charge in [0.05, 0.1) is 5.69 Å². The fraction of sp³-hybridized carbons (Fsp3) is 0.300. The van der Waals surface area contributed by atoms with E-state index < -0.39 is 11.6 Å². The highest BCUT2D eigenvalue weighted by Gasteiger charge is 2.06. The summed E-state index contributed by atoms with van der Waals surface area (Å²) in [5.74, 6) is -1.68. The Morgan fingerprint density at radius 3 is 2.71 bits per heavy atom. The molecule has 1 N–H and O–H groups in total. The van der Waals surface area contributed by atoms with Crippen molar-refractivity contribution in [2.75, 3.05) is 5.32 Å². The number of carbonyl (C=O) groups is 1. The van der Waals surface area contributed by atoms with E-state index in [2.05, 4.69) is 5.32 Å². The smallest absolute Gasteiger partial charge is 0.224 e. The van der Waals surface area contributed by atoms with Gasteiger partial charge in [0, 0.05) is 12.5 Å². The van der Waals surface area contributed by atoms with Crippen LogP contribution in [0.3, 0.4) is 0 Å². The zero-order chi connectivity index (χ0) is 10.6. The van der Waals surface area contributed by atoms with E-state index in [1.165, 1.54) is 6.07 Å². The van der Waals surface area contributed by atoms with Gasteiger partial charge >= 0.3 is 0 Å². The van der Waals surface area contributed by atoms with Gasteiger partial charge in [-0.25, -0.2) is 8.78 Å². The van der Waals surface area contributed by atoms with Crippen LogP contribution < -0.4 is 5.32 Å². The van der Waals surface area contributed by atoms with Gasteiger partial charge in [-0.05, 0) is 18.6 Å². The number of halogens is 2. The van der Waals surface area contributed by atoms with Crippen LogP contribution in [0.25, 0.3) is 0 Å². The summed E-state index contributed by atoms with van der Waals surface area (Å²) in [7, 11) is 0. The highest BCUT2D eigenvalue weighted by Crippen LogP contribution is 2.15. The first-order valence-corrected chi connectivity index (χ1v) is 4.38. The molecule has 2 nitrogen and oxygen atoms in total. The average molecular weight is 199 g/mol. The predicted molar refractivity (Wildman–Crippen MR) is 49.9 cm³/mol. The summed E-state index contributed by atoms with van der Waals surface area (Å²) in [6, 6.07) is 3.05. The maximum absolute atomic E-state index is 13.0. The van der Waals surface area contributed by atoms with E-state index in [-0.39, 0.29) is 11.6 Å². The largest absolute Gasteiger partial charge is 0.324 e. The third kappa shape index (κ3) is 2.80. The molecule has 0 saturated heterocycles. The maximum atomic E-state index is 13.0. The highest BCUT2D eigenvalue weighted by atomic mass is 19.1. The Labute approximate surface area is 80.9 Å². The molecule has 0 saturated carbocycles. The molecular weight excluding hydrogens is 188 g/mol. The molecule has 0 aliphatic heterocycles. The Hall–Kier alpha value is -1.45. The summed E-state index contributed by atoms with van der Waals surface area (Å²) in [6.45, 7) is 1.85. The molecule has 0 atom stereocenters. The Bertz CT molecular complexity index is 339. The van der Waals surface area contributed by atoms with Crippen LogP contribution in [0.1, 0.15) is 19.8 Å². The fourth-order valence-electron chi connectivity index (χ4n) is 1.03. The van der Waals surface area contributed by atoms with Crippen molar-refractivity contribution in [1.29, 1.82) is 0 Å². The summed E-state index contributed by atoms with van der Waals surface area (Å²) in [5.41, 5.74) is 0.0184. The Balaban J connectivity index is 2.72. The normalized spacial score (nSPS) is 9.93. The maximum Gasteiger partial charge on any atom is 0.224 e. The fourth-order valence-corrected chi connectivity index (χ4v) is 1.03. The first-order valence-electron chi connectivity index (χ1n) is 4.38. The number of benzene rings is 1. The van der Waals surface area contributed by atoms with Crippen molar-refractivity contribution in [1.82, 2.24) is 0 Å². The molecule has 0 fully saturated rings. The van der Waals surface area contributed by atoms with Crippen LogP contribution in [0.4, 0.5) is 14.5 Å². The molecule has 0 aliphatic rings. The number of amides is 1. The van der Waals surface area contributed by atoms with Gasteiger partial charge in [-0.1, -0.05) is 6.92 Å². The van der Waals surface area contributed by atoms with E-state index >= 15 is 0 Å². The molecule has 4 heteroatoms. The second-order valence-corrected chi connectivity index (χ2v) is 2.92. The Morgan fingerprint density at radius 2 is 2.14 bits per heavy atom. The molecule has 0 aromatic heterocycles. The van der Waals surface area contributed by atoms with E-state index in [4.69, 9.17) is 0 Å². The number of carbonyl (C=O) groups excluding carboxylic acids is 1. The van der Waals surface area contributed by atoms with Crippen molar-refractivity contribution in [2.45, 2.75) is 19.8 Å². The summed E-state index contributed by atoms with van der Waals surface area (Å²) in [6.07, 6.45) is 1.02. The standard InChI is InChI=1S/C10H11F2NO/c1-2-3-10(14)13-9-5-4-7(11)6-8(9)12/h4-6H,2-3H2,1H3,(H,13,14). The number of anilines is 1. The molecule has 0 spiro atoms. The van der Waals surface area contributed by atoms with Gasteiger partial charge in [-0.15, -0.1) is 0 Å². The zero-order valence-corrected chi connectivity index (χ0v) is 7.81. The van der Waals surface area contributed by atoms with Crippen molar-refractivity contribution in [3.63, 3.8) is 0 Å². The molecule has 1 aromatic rings. The van der Waals surface area contributed by atoms with Crippen molar-refractivity contribution in [3.8, 4) is 0 Å². The van der Waals surface area contributed by atoms with Crippen molar-refractivity contribution in [2.24, 2.45) is 0 Å². The number of rotatable bonds is 3. The molecule has 0 heterocycles. The van der Waals surface area contributed by atoms with E-state index in [1.807, 2.05) is 6.92 Å². The molecule has 1 rings (SSSR count). The van der Waals surface area contributed by atoms with Crippen molar-refractivity contribution < 1.29 is 13.6 Å². The van der Waals surface area contributed by atoms with E-state index in [0.29, 0.717) is 12.8 Å². The van der Waals surface area contributed by atoms with E-state index in [9.17, 15) is 13.6 Å². The SMILES string of the molecule is CCCC(=O)Nc1ccc(F)cc1F. The minimum Gasteiger partial charge on any atom is -0.324 e. The number of hydrogen-bond acceptors (Lipinski definition) is 1. The van der Waals surface area contributed by atoms with Gasteiger partial charge in [0.2, 0.25) is 5.91 Å². The van der Waals surface area contributed by atoms with Gasteiger partial charge < -0.3 is 5.32 Å². The molecule has 0 unspecified atom stereocenters. The Morgan fingerprint density at radius 1 is 1.43 bits per heavy atom. The summed E-state index contributed by atoms with van der Waals surface area (Å²) in [4.78, 5) is 11.1. The van der Waals surface area contributed by atoms with Crippen LogP contribution in [0, 0.1) is 11.6 Å². The van der Waals surface area contributed by atoms with Gasteiger partial charge in [0.15, 0.2) is 0 Å². The molecule has 0 bridgehead atoms. The highest BCUT2D eigenvalue weighted by molar-refractivity contribution is 5.90.